The molecule has 0 saturated carbocycles. The van der Waals surface area contributed by atoms with Crippen LogP contribution in [0.4, 0.5) is 23.7 Å². The molecule has 0 bridgehead atoms. The maximum Gasteiger partial charge on any atom is 0.573 e. The number of benzene rings is 1. The van der Waals surface area contributed by atoms with Gasteiger partial charge in [-0.3, -0.25) is 10.9 Å². The highest BCUT2D eigenvalue weighted by molar-refractivity contribution is 5.75. The van der Waals surface area contributed by atoms with E-state index < -0.39 is 12.4 Å². The van der Waals surface area contributed by atoms with Gasteiger partial charge in [-0.25, -0.2) is 4.79 Å². The summed E-state index contributed by atoms with van der Waals surface area (Å²) in [5, 5.41) is 2.68. The van der Waals surface area contributed by atoms with E-state index in [9.17, 15) is 18.0 Å². The lowest BCUT2D eigenvalue weighted by molar-refractivity contribution is -0.274. The van der Waals surface area contributed by atoms with E-state index in [2.05, 4.69) is 20.9 Å². The summed E-state index contributed by atoms with van der Waals surface area (Å²) in [7, 11) is 0. The fourth-order valence-corrected chi connectivity index (χ4v) is 1.91. The standard InChI is InChI=1S/C15H16F3N3O3/c1-10(9-13-3-2-8-23-13)19-14(22)21-20-11-4-6-12(7-5-11)24-15(16,17)18/h2-8,10,20H,9H2,1H3,(H2,19,21,22). The first-order chi connectivity index (χ1) is 11.3. The zero-order valence-electron chi connectivity index (χ0n) is 12.7. The molecule has 6 nitrogen and oxygen atoms in total. The smallest absolute Gasteiger partial charge is 0.469 e. The molecular formula is C15H16F3N3O3. The minimum Gasteiger partial charge on any atom is -0.469 e. The van der Waals surface area contributed by atoms with Crippen LogP contribution in [0, 0.1) is 0 Å². The van der Waals surface area contributed by atoms with Crippen molar-refractivity contribution in [2.45, 2.75) is 25.7 Å². The first-order valence-electron chi connectivity index (χ1n) is 7.02. The fourth-order valence-electron chi connectivity index (χ4n) is 1.91. The molecule has 9 heteroatoms. The van der Waals surface area contributed by atoms with Crippen LogP contribution in [0.2, 0.25) is 0 Å². The number of furan rings is 1. The van der Waals surface area contributed by atoms with Gasteiger partial charge < -0.3 is 14.5 Å². The number of rotatable bonds is 6. The van der Waals surface area contributed by atoms with Crippen LogP contribution in [0.25, 0.3) is 0 Å². The van der Waals surface area contributed by atoms with Crippen molar-refractivity contribution in [2.75, 3.05) is 5.43 Å². The van der Waals surface area contributed by atoms with Crippen molar-refractivity contribution >= 4 is 11.7 Å². The molecule has 2 aromatic rings. The minimum atomic E-state index is -4.74. The van der Waals surface area contributed by atoms with Gasteiger partial charge in [0, 0.05) is 12.5 Å². The Balaban J connectivity index is 1.75. The summed E-state index contributed by atoms with van der Waals surface area (Å²) < 4.78 is 45.1. The molecule has 0 aliphatic carbocycles. The number of halogens is 3. The summed E-state index contributed by atoms with van der Waals surface area (Å²) in [6.45, 7) is 1.81. The number of carbonyl (C=O) groups is 1. The van der Waals surface area contributed by atoms with E-state index in [1.54, 1.807) is 18.4 Å². The number of carbonyl (C=O) groups excluding carboxylic acids is 1. The molecular weight excluding hydrogens is 327 g/mol. The molecule has 24 heavy (non-hydrogen) atoms. The molecule has 0 fully saturated rings. The predicted octanol–water partition coefficient (Wildman–Crippen LogP) is 3.44. The van der Waals surface area contributed by atoms with E-state index in [0.29, 0.717) is 12.1 Å². The number of hydrogen-bond acceptors (Lipinski definition) is 4. The second kappa shape index (κ2) is 7.62. The van der Waals surface area contributed by atoms with Crippen molar-refractivity contribution in [3.8, 4) is 5.75 Å². The maximum atomic E-state index is 12.0. The first kappa shape index (κ1) is 17.5. The third-order valence-corrected chi connectivity index (χ3v) is 2.87. The lowest BCUT2D eigenvalue weighted by Crippen LogP contribution is -2.43. The third kappa shape index (κ3) is 6.11. The lowest BCUT2D eigenvalue weighted by atomic mass is 10.2. The number of hydrogen-bond donors (Lipinski definition) is 3. The van der Waals surface area contributed by atoms with Gasteiger partial charge in [0.1, 0.15) is 11.5 Å². The van der Waals surface area contributed by atoms with Gasteiger partial charge in [-0.2, -0.15) is 0 Å². The lowest BCUT2D eigenvalue weighted by Gasteiger charge is -2.15. The van der Waals surface area contributed by atoms with Crippen LogP contribution in [-0.2, 0) is 6.42 Å². The summed E-state index contributed by atoms with van der Waals surface area (Å²) in [5.74, 6) is 0.403. The van der Waals surface area contributed by atoms with Gasteiger partial charge in [0.2, 0.25) is 0 Å². The summed E-state index contributed by atoms with van der Waals surface area (Å²) in [6.07, 6.45) is -2.66. The molecule has 1 aromatic carbocycles. The highest BCUT2D eigenvalue weighted by atomic mass is 19.4. The van der Waals surface area contributed by atoms with Gasteiger partial charge in [0.05, 0.1) is 12.0 Å². The Morgan fingerprint density at radius 1 is 1.25 bits per heavy atom. The molecule has 0 aliphatic rings. The largest absolute Gasteiger partial charge is 0.573 e. The van der Waals surface area contributed by atoms with Crippen LogP contribution < -0.4 is 20.9 Å². The van der Waals surface area contributed by atoms with E-state index in [0.717, 1.165) is 17.9 Å². The Morgan fingerprint density at radius 2 is 1.96 bits per heavy atom. The Morgan fingerprint density at radius 3 is 2.54 bits per heavy atom. The van der Waals surface area contributed by atoms with E-state index in [-0.39, 0.29) is 11.8 Å². The number of ether oxygens (including phenoxy) is 1. The number of alkyl halides is 3. The van der Waals surface area contributed by atoms with Gasteiger partial charge in [0.15, 0.2) is 0 Å². The van der Waals surface area contributed by atoms with E-state index in [1.807, 2.05) is 6.92 Å². The van der Waals surface area contributed by atoms with E-state index in [1.165, 1.54) is 12.1 Å². The van der Waals surface area contributed by atoms with Crippen molar-refractivity contribution < 1.29 is 27.1 Å². The Labute approximate surface area is 135 Å². The van der Waals surface area contributed by atoms with Gasteiger partial charge in [-0.15, -0.1) is 13.2 Å². The van der Waals surface area contributed by atoms with Crippen molar-refractivity contribution in [1.29, 1.82) is 0 Å². The molecule has 1 aromatic heterocycles. The molecule has 3 N–H and O–H groups in total. The van der Waals surface area contributed by atoms with Crippen molar-refractivity contribution in [1.82, 2.24) is 10.7 Å². The minimum absolute atomic E-state index is 0.166. The normalized spacial score (nSPS) is 12.3. The quantitative estimate of drug-likeness (QED) is 0.703. The number of hydrazine groups is 1. The van der Waals surface area contributed by atoms with E-state index in [4.69, 9.17) is 4.42 Å². The highest BCUT2D eigenvalue weighted by Crippen LogP contribution is 2.23. The summed E-state index contributed by atoms with van der Waals surface area (Å²) >= 11 is 0. The Bertz CT molecular complexity index is 642. The van der Waals surface area contributed by atoms with Gasteiger partial charge >= 0.3 is 12.4 Å². The monoisotopic (exact) mass is 343 g/mol. The number of anilines is 1. The zero-order chi connectivity index (χ0) is 17.6. The molecule has 0 radical (unpaired) electrons. The fraction of sp³-hybridized carbons (Fsp3) is 0.267. The van der Waals surface area contributed by atoms with Crippen molar-refractivity contribution in [2.24, 2.45) is 0 Å². The van der Waals surface area contributed by atoms with E-state index >= 15 is 0 Å². The highest BCUT2D eigenvalue weighted by Gasteiger charge is 2.30. The van der Waals surface area contributed by atoms with Crippen LogP contribution in [0.1, 0.15) is 12.7 Å². The summed E-state index contributed by atoms with van der Waals surface area (Å²) in [5.41, 5.74) is 5.36. The molecule has 0 aliphatic heterocycles. The topological polar surface area (TPSA) is 75.5 Å². The molecule has 1 heterocycles. The average molecular weight is 343 g/mol. The predicted molar refractivity (Wildman–Crippen MR) is 80.3 cm³/mol. The molecule has 0 saturated heterocycles. The third-order valence-electron chi connectivity index (χ3n) is 2.87. The number of amides is 2. The SMILES string of the molecule is CC(Cc1ccco1)NC(=O)NNc1ccc(OC(F)(F)F)cc1. The molecule has 1 atom stereocenters. The number of urea groups is 1. The van der Waals surface area contributed by atoms with Gasteiger partial charge in [-0.05, 0) is 43.3 Å². The first-order valence-corrected chi connectivity index (χ1v) is 7.02. The Kier molecular flexibility index (Phi) is 5.56. The molecule has 2 amide bonds. The molecule has 1 unspecified atom stereocenters. The maximum absolute atomic E-state index is 12.0. The average Bonchev–Trinajstić information content (AvgIpc) is 2.97. The van der Waals surface area contributed by atoms with Gasteiger partial charge in [-0.1, -0.05) is 0 Å². The van der Waals surface area contributed by atoms with Gasteiger partial charge in [0.25, 0.3) is 0 Å². The van der Waals surface area contributed by atoms with Crippen LogP contribution in [-0.4, -0.2) is 18.4 Å². The summed E-state index contributed by atoms with van der Waals surface area (Å²) in [6, 6.07) is 7.87. The molecule has 130 valence electrons. The molecule has 2 rings (SSSR count). The Hall–Kier alpha value is -2.84. The van der Waals surface area contributed by atoms with Crippen LogP contribution in [0.3, 0.4) is 0 Å². The van der Waals surface area contributed by atoms with Crippen molar-refractivity contribution in [3.05, 3.63) is 48.4 Å². The second-order valence-corrected chi connectivity index (χ2v) is 4.98. The van der Waals surface area contributed by atoms with Crippen LogP contribution in [0.15, 0.2) is 47.1 Å². The zero-order valence-corrected chi connectivity index (χ0v) is 12.7. The molecule has 0 spiro atoms. The van der Waals surface area contributed by atoms with Crippen molar-refractivity contribution in [3.63, 3.8) is 0 Å². The van der Waals surface area contributed by atoms with Crippen LogP contribution >= 0.6 is 0 Å². The second-order valence-electron chi connectivity index (χ2n) is 4.98. The van der Waals surface area contributed by atoms with Crippen LogP contribution in [0.5, 0.6) is 5.75 Å². The summed E-state index contributed by atoms with van der Waals surface area (Å²) in [4.78, 5) is 11.7. The number of nitrogens with one attached hydrogen (secondary N) is 3.